The second-order valence-electron chi connectivity index (χ2n) is 9.00. The third-order valence-corrected chi connectivity index (χ3v) is 5.77. The highest BCUT2D eigenvalue weighted by atomic mass is 14.9. The lowest BCUT2D eigenvalue weighted by atomic mass is 9.67. The lowest BCUT2D eigenvalue weighted by molar-refractivity contribution is 0.0976. The van der Waals surface area contributed by atoms with E-state index in [-0.39, 0.29) is 0 Å². The van der Waals surface area contributed by atoms with E-state index in [1.807, 2.05) is 0 Å². The van der Waals surface area contributed by atoms with Crippen LogP contribution in [0.1, 0.15) is 66.7 Å². The van der Waals surface area contributed by atoms with Gasteiger partial charge in [0.05, 0.1) is 0 Å². The summed E-state index contributed by atoms with van der Waals surface area (Å²) in [6.45, 7) is 15.8. The lowest BCUT2D eigenvalue weighted by Gasteiger charge is -2.44. The van der Waals surface area contributed by atoms with Gasteiger partial charge in [0, 0.05) is 6.04 Å². The van der Waals surface area contributed by atoms with Crippen LogP contribution in [-0.4, -0.2) is 25.7 Å². The minimum absolute atomic E-state index is 0.398. The van der Waals surface area contributed by atoms with Gasteiger partial charge in [0.15, 0.2) is 0 Å². The molecule has 20 heavy (non-hydrogen) atoms. The van der Waals surface area contributed by atoms with E-state index in [4.69, 9.17) is 0 Å². The van der Waals surface area contributed by atoms with Gasteiger partial charge >= 0.3 is 0 Å². The molecule has 0 aliphatic carbocycles. The van der Waals surface area contributed by atoms with E-state index in [1.165, 1.54) is 51.7 Å². The van der Waals surface area contributed by atoms with E-state index in [0.29, 0.717) is 16.9 Å². The largest absolute Gasteiger partial charge is 0.316 e. The fraction of sp³-hybridized carbons (Fsp3) is 1.00. The van der Waals surface area contributed by atoms with Crippen molar-refractivity contribution < 1.29 is 0 Å². The summed E-state index contributed by atoms with van der Waals surface area (Å²) in [5.41, 5.74) is 0.896. The SMILES string of the molecule is CC(C)(C)C1CC(CC(C)(C)C2CCCNC2)CCN1. The van der Waals surface area contributed by atoms with E-state index in [0.717, 1.165) is 11.8 Å². The highest BCUT2D eigenvalue weighted by molar-refractivity contribution is 4.91. The molecule has 2 fully saturated rings. The zero-order valence-corrected chi connectivity index (χ0v) is 14.4. The molecule has 2 aliphatic heterocycles. The summed E-state index contributed by atoms with van der Waals surface area (Å²) < 4.78 is 0. The van der Waals surface area contributed by atoms with E-state index in [9.17, 15) is 0 Å². The average molecular weight is 280 g/mol. The van der Waals surface area contributed by atoms with Crippen LogP contribution in [0.5, 0.6) is 0 Å². The van der Waals surface area contributed by atoms with Crippen molar-refractivity contribution in [1.82, 2.24) is 10.6 Å². The quantitative estimate of drug-likeness (QED) is 0.821. The standard InChI is InChI=1S/C18H36N2/c1-17(2,3)16-11-14(8-10-20-16)12-18(4,5)15-7-6-9-19-13-15/h14-16,19-20H,6-13H2,1-5H3. The van der Waals surface area contributed by atoms with Gasteiger partial charge in [-0.15, -0.1) is 0 Å². The van der Waals surface area contributed by atoms with Crippen LogP contribution in [0.3, 0.4) is 0 Å². The van der Waals surface area contributed by atoms with Crippen LogP contribution in [0.4, 0.5) is 0 Å². The van der Waals surface area contributed by atoms with Crippen molar-refractivity contribution in [2.45, 2.75) is 72.8 Å². The van der Waals surface area contributed by atoms with Gasteiger partial charge < -0.3 is 10.6 Å². The molecule has 0 saturated carbocycles. The van der Waals surface area contributed by atoms with Crippen LogP contribution >= 0.6 is 0 Å². The molecule has 2 heteroatoms. The van der Waals surface area contributed by atoms with Crippen molar-refractivity contribution in [3.63, 3.8) is 0 Å². The molecule has 0 spiro atoms. The van der Waals surface area contributed by atoms with Gasteiger partial charge in [0.1, 0.15) is 0 Å². The molecule has 0 aromatic rings. The van der Waals surface area contributed by atoms with Crippen LogP contribution < -0.4 is 10.6 Å². The summed E-state index contributed by atoms with van der Waals surface area (Å²) in [5, 5.41) is 7.34. The Morgan fingerprint density at radius 3 is 2.35 bits per heavy atom. The normalized spacial score (nSPS) is 33.1. The molecule has 2 saturated heterocycles. The molecule has 2 nitrogen and oxygen atoms in total. The van der Waals surface area contributed by atoms with Crippen LogP contribution in [0.15, 0.2) is 0 Å². The fourth-order valence-electron chi connectivity index (χ4n) is 4.27. The number of hydrogen-bond acceptors (Lipinski definition) is 2. The van der Waals surface area contributed by atoms with Crippen LogP contribution in [0.25, 0.3) is 0 Å². The van der Waals surface area contributed by atoms with Gasteiger partial charge in [0.2, 0.25) is 0 Å². The van der Waals surface area contributed by atoms with E-state index < -0.39 is 0 Å². The minimum atomic E-state index is 0.398. The predicted octanol–water partition coefficient (Wildman–Crippen LogP) is 3.82. The monoisotopic (exact) mass is 280 g/mol. The molecule has 2 rings (SSSR count). The highest BCUT2D eigenvalue weighted by Gasteiger charge is 2.36. The third-order valence-electron chi connectivity index (χ3n) is 5.77. The number of rotatable bonds is 3. The first-order chi connectivity index (χ1) is 9.29. The maximum Gasteiger partial charge on any atom is 0.0118 e. The Morgan fingerprint density at radius 1 is 1.00 bits per heavy atom. The smallest absolute Gasteiger partial charge is 0.0118 e. The first-order valence-electron chi connectivity index (χ1n) is 8.73. The van der Waals surface area contributed by atoms with Gasteiger partial charge in [0.25, 0.3) is 0 Å². The summed E-state index contributed by atoms with van der Waals surface area (Å²) >= 11 is 0. The maximum absolute atomic E-state index is 3.74. The van der Waals surface area contributed by atoms with Gasteiger partial charge in [-0.25, -0.2) is 0 Å². The number of piperidine rings is 2. The van der Waals surface area contributed by atoms with Crippen LogP contribution in [0.2, 0.25) is 0 Å². The van der Waals surface area contributed by atoms with Crippen molar-refractivity contribution in [2.24, 2.45) is 22.7 Å². The molecular weight excluding hydrogens is 244 g/mol. The summed E-state index contributed by atoms with van der Waals surface area (Å²) in [6.07, 6.45) is 6.94. The Balaban J connectivity index is 1.91. The Bertz CT molecular complexity index is 297. The van der Waals surface area contributed by atoms with Crippen molar-refractivity contribution >= 4 is 0 Å². The number of hydrogen-bond donors (Lipinski definition) is 2. The molecular formula is C18H36N2. The van der Waals surface area contributed by atoms with Crippen molar-refractivity contribution in [3.8, 4) is 0 Å². The lowest BCUT2D eigenvalue weighted by Crippen LogP contribution is -2.47. The molecule has 2 aliphatic rings. The molecule has 2 heterocycles. The summed E-state index contributed by atoms with van der Waals surface area (Å²) in [4.78, 5) is 0. The Kier molecular flexibility index (Phi) is 5.18. The minimum Gasteiger partial charge on any atom is -0.316 e. The highest BCUT2D eigenvalue weighted by Crippen LogP contribution is 2.41. The van der Waals surface area contributed by atoms with Gasteiger partial charge in [-0.2, -0.15) is 0 Å². The van der Waals surface area contributed by atoms with Gasteiger partial charge in [-0.05, 0) is 74.4 Å². The average Bonchev–Trinajstić information content (AvgIpc) is 2.38. The Hall–Kier alpha value is -0.0800. The van der Waals surface area contributed by atoms with Gasteiger partial charge in [-0.3, -0.25) is 0 Å². The summed E-state index contributed by atoms with van der Waals surface area (Å²) in [6, 6.07) is 0.696. The molecule has 0 radical (unpaired) electrons. The molecule has 0 bridgehead atoms. The summed E-state index contributed by atoms with van der Waals surface area (Å²) in [5.74, 6) is 1.79. The Morgan fingerprint density at radius 2 is 1.75 bits per heavy atom. The van der Waals surface area contributed by atoms with Gasteiger partial charge in [-0.1, -0.05) is 34.6 Å². The molecule has 0 amide bonds. The predicted molar refractivity (Wildman–Crippen MR) is 88.0 cm³/mol. The first kappa shape index (κ1) is 16.3. The third kappa shape index (κ3) is 4.21. The second kappa shape index (κ2) is 6.36. The summed E-state index contributed by atoms with van der Waals surface area (Å²) in [7, 11) is 0. The second-order valence-corrected chi connectivity index (χ2v) is 9.00. The zero-order chi connectivity index (χ0) is 14.8. The fourth-order valence-corrected chi connectivity index (χ4v) is 4.27. The molecule has 3 atom stereocenters. The van der Waals surface area contributed by atoms with E-state index in [2.05, 4.69) is 45.3 Å². The van der Waals surface area contributed by atoms with Crippen molar-refractivity contribution in [1.29, 1.82) is 0 Å². The van der Waals surface area contributed by atoms with Crippen molar-refractivity contribution in [3.05, 3.63) is 0 Å². The zero-order valence-electron chi connectivity index (χ0n) is 14.4. The molecule has 3 unspecified atom stereocenters. The maximum atomic E-state index is 3.74. The molecule has 0 aromatic carbocycles. The molecule has 118 valence electrons. The topological polar surface area (TPSA) is 24.1 Å². The van der Waals surface area contributed by atoms with Crippen LogP contribution in [0, 0.1) is 22.7 Å². The molecule has 2 N–H and O–H groups in total. The molecule has 0 aromatic heterocycles. The van der Waals surface area contributed by atoms with Crippen LogP contribution in [-0.2, 0) is 0 Å². The van der Waals surface area contributed by atoms with Crippen molar-refractivity contribution in [2.75, 3.05) is 19.6 Å². The first-order valence-corrected chi connectivity index (χ1v) is 8.73. The number of nitrogens with one attached hydrogen (secondary N) is 2. The van der Waals surface area contributed by atoms with E-state index in [1.54, 1.807) is 0 Å². The Labute approximate surface area is 126 Å². The van der Waals surface area contributed by atoms with E-state index >= 15 is 0 Å².